The summed E-state index contributed by atoms with van der Waals surface area (Å²) in [5, 5.41) is 3.13. The van der Waals surface area contributed by atoms with Gasteiger partial charge in [-0.25, -0.2) is 15.0 Å². The Morgan fingerprint density at radius 2 is 2.16 bits per heavy atom. The van der Waals surface area contributed by atoms with Crippen LogP contribution in [-0.2, 0) is 12.4 Å². The molecule has 0 radical (unpaired) electrons. The summed E-state index contributed by atoms with van der Waals surface area (Å²) in [4.78, 5) is 13.5. The van der Waals surface area contributed by atoms with Crippen LogP contribution in [0.2, 0.25) is 0 Å². The molecule has 19 heavy (non-hydrogen) atoms. The Labute approximate surface area is 120 Å². The van der Waals surface area contributed by atoms with Crippen LogP contribution < -0.4 is 0 Å². The summed E-state index contributed by atoms with van der Waals surface area (Å²) in [7, 11) is 0. The average molecular weight is 293 g/mol. The minimum absolute atomic E-state index is 0.374. The van der Waals surface area contributed by atoms with Crippen molar-refractivity contribution in [3.05, 3.63) is 39.7 Å². The highest BCUT2D eigenvalue weighted by molar-refractivity contribution is 7.09. The van der Waals surface area contributed by atoms with Crippen molar-refractivity contribution in [3.63, 3.8) is 0 Å². The van der Waals surface area contributed by atoms with Gasteiger partial charge in [-0.15, -0.1) is 22.9 Å². The molecule has 3 aromatic rings. The van der Waals surface area contributed by atoms with E-state index in [9.17, 15) is 0 Å². The molecular weight excluding hydrogens is 280 g/mol. The Balaban J connectivity index is 2.13. The van der Waals surface area contributed by atoms with Crippen molar-refractivity contribution in [3.8, 4) is 0 Å². The Morgan fingerprint density at radius 1 is 1.32 bits per heavy atom. The molecule has 0 atom stereocenters. The molecule has 0 fully saturated rings. The molecule has 0 spiro atoms. The zero-order valence-corrected chi connectivity index (χ0v) is 12.3. The maximum Gasteiger partial charge on any atom is 0.160 e. The molecule has 0 aliphatic heterocycles. The van der Waals surface area contributed by atoms with E-state index >= 15 is 0 Å². The van der Waals surface area contributed by atoms with Crippen molar-refractivity contribution >= 4 is 34.1 Å². The van der Waals surface area contributed by atoms with E-state index in [4.69, 9.17) is 11.6 Å². The van der Waals surface area contributed by atoms with Crippen LogP contribution in [-0.4, -0.2) is 19.5 Å². The van der Waals surface area contributed by atoms with Gasteiger partial charge in [-0.3, -0.25) is 0 Å². The van der Waals surface area contributed by atoms with Crippen molar-refractivity contribution in [2.24, 2.45) is 0 Å². The minimum Gasteiger partial charge on any atom is -0.306 e. The summed E-state index contributed by atoms with van der Waals surface area (Å²) >= 11 is 7.65. The fourth-order valence-corrected chi connectivity index (χ4v) is 2.90. The molecule has 4 nitrogen and oxygen atoms in total. The van der Waals surface area contributed by atoms with Gasteiger partial charge in [0.15, 0.2) is 5.65 Å². The number of nitrogens with zero attached hydrogens (tertiary/aromatic N) is 4. The molecule has 6 heteroatoms. The van der Waals surface area contributed by atoms with Gasteiger partial charge in [0.05, 0.1) is 23.1 Å². The first kappa shape index (κ1) is 12.6. The molecule has 0 N–H and O–H groups in total. The molecule has 0 unspecified atom stereocenters. The van der Waals surface area contributed by atoms with Gasteiger partial charge in [-0.1, -0.05) is 0 Å². The van der Waals surface area contributed by atoms with E-state index in [0.717, 1.165) is 33.3 Å². The molecule has 0 aromatic carbocycles. The van der Waals surface area contributed by atoms with Gasteiger partial charge < -0.3 is 4.57 Å². The van der Waals surface area contributed by atoms with Crippen LogP contribution in [0.15, 0.2) is 17.6 Å². The molecule has 0 aliphatic rings. The summed E-state index contributed by atoms with van der Waals surface area (Å²) in [6, 6.07) is 1.96. The lowest BCUT2D eigenvalue weighted by atomic mass is 10.3. The molecule has 0 amide bonds. The number of alkyl halides is 1. The van der Waals surface area contributed by atoms with Crippen LogP contribution in [0, 0.1) is 13.8 Å². The van der Waals surface area contributed by atoms with E-state index in [1.807, 2.05) is 24.5 Å². The Bertz CT molecular complexity index is 731. The van der Waals surface area contributed by atoms with E-state index < -0.39 is 0 Å². The van der Waals surface area contributed by atoms with Crippen LogP contribution in [0.3, 0.4) is 0 Å². The molecule has 3 aromatic heterocycles. The molecular formula is C13H13ClN4S. The second kappa shape index (κ2) is 4.90. The van der Waals surface area contributed by atoms with Gasteiger partial charge in [0.2, 0.25) is 0 Å². The molecule has 0 bridgehead atoms. The SMILES string of the molecule is Cc1nc(Cn2c(CCl)nc3c(C)ccnc32)cs1. The molecule has 0 saturated heterocycles. The van der Waals surface area contributed by atoms with Crippen LogP contribution in [0.5, 0.6) is 0 Å². The fourth-order valence-electron chi connectivity index (χ4n) is 2.09. The van der Waals surface area contributed by atoms with Crippen LogP contribution >= 0.6 is 22.9 Å². The number of imidazole rings is 1. The predicted molar refractivity (Wildman–Crippen MR) is 77.8 cm³/mol. The first-order valence-electron chi connectivity index (χ1n) is 5.96. The lowest BCUT2D eigenvalue weighted by Crippen LogP contribution is -2.05. The van der Waals surface area contributed by atoms with Gasteiger partial charge in [-0.05, 0) is 25.5 Å². The number of fused-ring (bicyclic) bond motifs is 1. The number of hydrogen-bond donors (Lipinski definition) is 0. The first-order chi connectivity index (χ1) is 9.19. The number of pyridine rings is 1. The third-order valence-electron chi connectivity index (χ3n) is 3.02. The van der Waals surface area contributed by atoms with Gasteiger partial charge >= 0.3 is 0 Å². The molecule has 3 rings (SSSR count). The Morgan fingerprint density at radius 3 is 2.84 bits per heavy atom. The van der Waals surface area contributed by atoms with E-state index in [-0.39, 0.29) is 0 Å². The van der Waals surface area contributed by atoms with Gasteiger partial charge in [0.1, 0.15) is 11.3 Å². The number of aryl methyl sites for hydroxylation is 2. The van der Waals surface area contributed by atoms with Gasteiger partial charge in [-0.2, -0.15) is 0 Å². The first-order valence-corrected chi connectivity index (χ1v) is 7.38. The standard InChI is InChI=1S/C13H13ClN4S/c1-8-3-4-15-13-12(8)17-11(5-14)18(13)6-10-7-19-9(2)16-10/h3-4,7H,5-6H2,1-2H3. The molecule has 98 valence electrons. The second-order valence-corrected chi connectivity index (χ2v) is 5.74. The van der Waals surface area contributed by atoms with Crippen molar-refractivity contribution in [1.29, 1.82) is 0 Å². The lowest BCUT2D eigenvalue weighted by molar-refractivity contribution is 0.753. The summed E-state index contributed by atoms with van der Waals surface area (Å²) in [5.74, 6) is 1.21. The van der Waals surface area contributed by atoms with E-state index in [0.29, 0.717) is 12.4 Å². The van der Waals surface area contributed by atoms with Crippen molar-refractivity contribution < 1.29 is 0 Å². The number of rotatable bonds is 3. The highest BCUT2D eigenvalue weighted by Gasteiger charge is 2.13. The highest BCUT2D eigenvalue weighted by atomic mass is 35.5. The lowest BCUT2D eigenvalue weighted by Gasteiger charge is -2.04. The predicted octanol–water partition coefficient (Wildman–Crippen LogP) is 3.29. The molecule has 0 aliphatic carbocycles. The number of halogens is 1. The summed E-state index contributed by atoms with van der Waals surface area (Å²) in [6.45, 7) is 4.71. The minimum atomic E-state index is 0.374. The zero-order chi connectivity index (χ0) is 13.4. The monoisotopic (exact) mass is 292 g/mol. The number of hydrogen-bond acceptors (Lipinski definition) is 4. The van der Waals surface area contributed by atoms with E-state index in [2.05, 4.69) is 20.3 Å². The second-order valence-electron chi connectivity index (χ2n) is 4.41. The molecule has 0 saturated carbocycles. The fraction of sp³-hybridized carbons (Fsp3) is 0.308. The quantitative estimate of drug-likeness (QED) is 0.696. The Kier molecular flexibility index (Phi) is 3.24. The number of aromatic nitrogens is 4. The van der Waals surface area contributed by atoms with E-state index in [1.165, 1.54) is 0 Å². The topological polar surface area (TPSA) is 43.6 Å². The van der Waals surface area contributed by atoms with Crippen LogP contribution in [0.4, 0.5) is 0 Å². The van der Waals surface area contributed by atoms with Crippen LogP contribution in [0.1, 0.15) is 22.1 Å². The average Bonchev–Trinajstić information content (AvgIpc) is 2.96. The summed E-state index contributed by atoms with van der Waals surface area (Å²) in [6.07, 6.45) is 1.81. The van der Waals surface area contributed by atoms with Gasteiger partial charge in [0.25, 0.3) is 0 Å². The number of thiazole rings is 1. The zero-order valence-electron chi connectivity index (χ0n) is 10.7. The van der Waals surface area contributed by atoms with Crippen molar-refractivity contribution in [2.45, 2.75) is 26.3 Å². The van der Waals surface area contributed by atoms with E-state index in [1.54, 1.807) is 17.5 Å². The van der Waals surface area contributed by atoms with Gasteiger partial charge in [0, 0.05) is 11.6 Å². The van der Waals surface area contributed by atoms with Crippen molar-refractivity contribution in [1.82, 2.24) is 19.5 Å². The van der Waals surface area contributed by atoms with Crippen molar-refractivity contribution in [2.75, 3.05) is 0 Å². The summed E-state index contributed by atoms with van der Waals surface area (Å²) in [5.41, 5.74) is 3.94. The Hall–Kier alpha value is -1.46. The highest BCUT2D eigenvalue weighted by Crippen LogP contribution is 2.20. The third kappa shape index (κ3) is 2.24. The normalized spacial score (nSPS) is 11.3. The maximum absolute atomic E-state index is 6.00. The largest absolute Gasteiger partial charge is 0.306 e. The smallest absolute Gasteiger partial charge is 0.160 e. The summed E-state index contributed by atoms with van der Waals surface area (Å²) < 4.78 is 2.05. The third-order valence-corrected chi connectivity index (χ3v) is 4.08. The van der Waals surface area contributed by atoms with Crippen LogP contribution in [0.25, 0.3) is 11.2 Å². The maximum atomic E-state index is 6.00. The molecule has 3 heterocycles.